The fourth-order valence-electron chi connectivity index (χ4n) is 4.25. The van der Waals surface area contributed by atoms with Gasteiger partial charge in [-0.2, -0.15) is 4.31 Å². The minimum absolute atomic E-state index is 0.0216. The normalized spacial score (nSPS) is 18.2. The Morgan fingerprint density at radius 2 is 1.85 bits per heavy atom. The zero-order chi connectivity index (χ0) is 25.0. The van der Waals surface area contributed by atoms with E-state index in [4.69, 9.17) is 0 Å². The SMILES string of the molecule is CCc1ccc2c(c1)C(NC[C@@H](O)[C@H](Cc1cc(F)cc(F)c1)NC(C)=O)CN(S(C)(=O)=O)C2. The first-order chi connectivity index (χ1) is 16.0. The Bertz CT molecular complexity index is 1120. The summed E-state index contributed by atoms with van der Waals surface area (Å²) in [5.41, 5.74) is 3.27. The van der Waals surface area contributed by atoms with Gasteiger partial charge in [0.15, 0.2) is 0 Å². The monoisotopic (exact) mass is 495 g/mol. The van der Waals surface area contributed by atoms with Crippen LogP contribution in [0.2, 0.25) is 0 Å². The molecule has 0 radical (unpaired) electrons. The van der Waals surface area contributed by atoms with Gasteiger partial charge in [0.1, 0.15) is 11.6 Å². The van der Waals surface area contributed by atoms with Crippen LogP contribution < -0.4 is 10.6 Å². The number of aliphatic hydroxyl groups excluding tert-OH is 1. The number of carbonyl (C=O) groups is 1. The predicted molar refractivity (Wildman–Crippen MR) is 125 cm³/mol. The molecule has 1 amide bonds. The van der Waals surface area contributed by atoms with Crippen molar-refractivity contribution < 1.29 is 27.1 Å². The Hall–Kier alpha value is -2.40. The van der Waals surface area contributed by atoms with E-state index in [2.05, 4.69) is 10.6 Å². The summed E-state index contributed by atoms with van der Waals surface area (Å²) in [6.45, 7) is 3.84. The second kappa shape index (κ2) is 10.9. The van der Waals surface area contributed by atoms with Crippen molar-refractivity contribution in [3.8, 4) is 0 Å². The number of amides is 1. The lowest BCUT2D eigenvalue weighted by atomic mass is 9.93. The first-order valence-electron chi connectivity index (χ1n) is 11.2. The summed E-state index contributed by atoms with van der Waals surface area (Å²) in [5.74, 6) is -1.87. The van der Waals surface area contributed by atoms with Gasteiger partial charge in [-0.3, -0.25) is 4.79 Å². The number of nitrogens with one attached hydrogen (secondary N) is 2. The van der Waals surface area contributed by atoms with Crippen molar-refractivity contribution in [3.05, 3.63) is 70.3 Å². The standard InChI is InChI=1S/C24H31F2N3O4S/c1-4-16-5-6-18-13-29(34(3,32)33)14-23(21(18)9-16)27-12-24(31)22(28-15(2)30)10-17-7-19(25)11-20(26)8-17/h5-9,11,22-24,27,31H,4,10,12-14H2,1-3H3,(H,28,30)/t22-,23?,24+/m0/s1. The van der Waals surface area contributed by atoms with Crippen molar-refractivity contribution >= 4 is 15.9 Å². The highest BCUT2D eigenvalue weighted by atomic mass is 32.2. The highest BCUT2D eigenvalue weighted by Gasteiger charge is 2.31. The largest absolute Gasteiger partial charge is 0.390 e. The van der Waals surface area contributed by atoms with Crippen LogP contribution in [0.15, 0.2) is 36.4 Å². The van der Waals surface area contributed by atoms with Gasteiger partial charge in [-0.15, -0.1) is 0 Å². The zero-order valence-electron chi connectivity index (χ0n) is 19.5. The summed E-state index contributed by atoms with van der Waals surface area (Å²) in [6, 6.07) is 7.84. The molecule has 1 unspecified atom stereocenters. The highest BCUT2D eigenvalue weighted by Crippen LogP contribution is 2.29. The number of sulfonamides is 1. The van der Waals surface area contributed by atoms with Crippen LogP contribution in [0.25, 0.3) is 0 Å². The average Bonchev–Trinajstić information content (AvgIpc) is 2.74. The third kappa shape index (κ3) is 6.82. The number of benzene rings is 2. The number of aryl methyl sites for hydroxylation is 1. The second-order valence-electron chi connectivity index (χ2n) is 8.76. The number of nitrogens with zero attached hydrogens (tertiary/aromatic N) is 1. The summed E-state index contributed by atoms with van der Waals surface area (Å²) in [5, 5.41) is 16.7. The van der Waals surface area contributed by atoms with Crippen molar-refractivity contribution in [1.82, 2.24) is 14.9 Å². The van der Waals surface area contributed by atoms with Crippen molar-refractivity contribution in [3.63, 3.8) is 0 Å². The fourth-order valence-corrected chi connectivity index (χ4v) is 5.04. The molecule has 0 fully saturated rings. The molecule has 7 nitrogen and oxygen atoms in total. The first-order valence-corrected chi connectivity index (χ1v) is 13.0. The summed E-state index contributed by atoms with van der Waals surface area (Å²) in [6.07, 6.45) is 0.914. The lowest BCUT2D eigenvalue weighted by molar-refractivity contribution is -0.120. The predicted octanol–water partition coefficient (Wildman–Crippen LogP) is 2.04. The molecule has 1 aliphatic rings. The minimum atomic E-state index is -3.43. The van der Waals surface area contributed by atoms with E-state index in [1.807, 2.05) is 25.1 Å². The van der Waals surface area contributed by atoms with Crippen LogP contribution in [-0.2, 0) is 34.2 Å². The maximum absolute atomic E-state index is 13.6. The number of halogens is 2. The Labute approximate surface area is 199 Å². The topological polar surface area (TPSA) is 98.7 Å². The van der Waals surface area contributed by atoms with Crippen LogP contribution in [0.1, 0.15) is 42.1 Å². The van der Waals surface area contributed by atoms with Gasteiger partial charge in [-0.25, -0.2) is 17.2 Å². The number of carbonyl (C=O) groups excluding carboxylic acids is 1. The third-order valence-corrected chi connectivity index (χ3v) is 7.22. The molecule has 1 aliphatic heterocycles. The van der Waals surface area contributed by atoms with Crippen molar-refractivity contribution in [2.45, 2.75) is 51.4 Å². The summed E-state index contributed by atoms with van der Waals surface area (Å²) in [4.78, 5) is 11.7. The van der Waals surface area contributed by atoms with Gasteiger partial charge < -0.3 is 15.7 Å². The molecule has 0 spiro atoms. The van der Waals surface area contributed by atoms with Gasteiger partial charge in [0.05, 0.1) is 18.4 Å². The maximum Gasteiger partial charge on any atom is 0.217 e. The molecule has 0 saturated carbocycles. The third-order valence-electron chi connectivity index (χ3n) is 6.00. The molecule has 34 heavy (non-hydrogen) atoms. The molecule has 0 bridgehead atoms. The summed E-state index contributed by atoms with van der Waals surface area (Å²) >= 11 is 0. The molecule has 3 rings (SSSR count). The van der Waals surface area contributed by atoms with Gasteiger partial charge in [0.2, 0.25) is 15.9 Å². The van der Waals surface area contributed by atoms with Crippen LogP contribution >= 0.6 is 0 Å². The molecule has 186 valence electrons. The van der Waals surface area contributed by atoms with E-state index in [0.29, 0.717) is 5.56 Å². The Morgan fingerprint density at radius 3 is 2.44 bits per heavy atom. The molecular formula is C24H31F2N3O4S. The molecule has 0 aromatic heterocycles. The van der Waals surface area contributed by atoms with Gasteiger partial charge in [-0.05, 0) is 47.2 Å². The highest BCUT2D eigenvalue weighted by molar-refractivity contribution is 7.88. The van der Waals surface area contributed by atoms with Gasteiger partial charge in [-0.1, -0.05) is 25.1 Å². The molecule has 10 heteroatoms. The first kappa shape index (κ1) is 26.2. The number of fused-ring (bicyclic) bond motifs is 1. The van der Waals surface area contributed by atoms with Gasteiger partial charge >= 0.3 is 0 Å². The molecular weight excluding hydrogens is 464 g/mol. The smallest absolute Gasteiger partial charge is 0.217 e. The molecule has 3 N–H and O–H groups in total. The van der Waals surface area contributed by atoms with Crippen LogP contribution in [0, 0.1) is 11.6 Å². The van der Waals surface area contributed by atoms with E-state index in [1.54, 1.807) is 0 Å². The van der Waals surface area contributed by atoms with Crippen LogP contribution in [0.5, 0.6) is 0 Å². The van der Waals surface area contributed by atoms with E-state index >= 15 is 0 Å². The summed E-state index contributed by atoms with van der Waals surface area (Å²) < 4.78 is 53.1. The van der Waals surface area contributed by atoms with E-state index in [0.717, 1.165) is 47.6 Å². The lowest BCUT2D eigenvalue weighted by Crippen LogP contribution is -2.50. The van der Waals surface area contributed by atoms with Crippen molar-refractivity contribution in [2.75, 3.05) is 19.3 Å². The Kier molecular flexibility index (Phi) is 8.40. The number of hydrogen-bond acceptors (Lipinski definition) is 5. The van der Waals surface area contributed by atoms with Crippen LogP contribution in [0.4, 0.5) is 8.78 Å². The molecule has 0 aliphatic carbocycles. The molecule has 1 heterocycles. The lowest BCUT2D eigenvalue weighted by Gasteiger charge is -2.35. The summed E-state index contributed by atoms with van der Waals surface area (Å²) in [7, 11) is -3.43. The average molecular weight is 496 g/mol. The zero-order valence-corrected chi connectivity index (χ0v) is 20.3. The minimum Gasteiger partial charge on any atom is -0.390 e. The molecule has 2 aromatic carbocycles. The number of rotatable bonds is 9. The molecule has 0 saturated heterocycles. The molecule has 2 aromatic rings. The molecule has 3 atom stereocenters. The van der Waals surface area contributed by atoms with Crippen LogP contribution in [-0.4, -0.2) is 55.2 Å². The van der Waals surface area contributed by atoms with Crippen molar-refractivity contribution in [2.24, 2.45) is 0 Å². The van der Waals surface area contributed by atoms with E-state index < -0.39 is 33.8 Å². The fraction of sp³-hybridized carbons (Fsp3) is 0.458. The van der Waals surface area contributed by atoms with Crippen molar-refractivity contribution in [1.29, 1.82) is 0 Å². The van der Waals surface area contributed by atoms with E-state index in [-0.39, 0.29) is 38.0 Å². The maximum atomic E-state index is 13.6. The van der Waals surface area contributed by atoms with Gasteiger partial charge in [0.25, 0.3) is 0 Å². The number of hydrogen-bond donors (Lipinski definition) is 3. The quantitative estimate of drug-likeness (QED) is 0.495. The second-order valence-corrected chi connectivity index (χ2v) is 10.7. The van der Waals surface area contributed by atoms with E-state index in [9.17, 15) is 27.1 Å². The van der Waals surface area contributed by atoms with E-state index in [1.165, 1.54) is 11.2 Å². The Morgan fingerprint density at radius 1 is 1.18 bits per heavy atom. The number of aliphatic hydroxyl groups is 1. The van der Waals surface area contributed by atoms with Crippen LogP contribution in [0.3, 0.4) is 0 Å². The Balaban J connectivity index is 1.79. The van der Waals surface area contributed by atoms with Gasteiger partial charge in [0, 0.05) is 38.7 Å².